The summed E-state index contributed by atoms with van der Waals surface area (Å²) in [4.78, 5) is 12.4. The number of aliphatic hydroxyl groups is 2. The van der Waals surface area contributed by atoms with E-state index in [1.54, 1.807) is 6.08 Å². The van der Waals surface area contributed by atoms with Gasteiger partial charge in [-0.2, -0.15) is 0 Å². The van der Waals surface area contributed by atoms with Gasteiger partial charge in [-0.3, -0.25) is 4.79 Å². The molecule has 0 aliphatic carbocycles. The number of allylic oxidation sites excluding steroid dienone is 5. The Bertz CT molecular complexity index is 882. The summed E-state index contributed by atoms with van der Waals surface area (Å²) in [6, 6.07) is -0.618. The Balaban J connectivity index is 3.39. The second-order valence-corrected chi connectivity index (χ2v) is 17.9. The van der Waals surface area contributed by atoms with E-state index in [0.29, 0.717) is 6.42 Å². The summed E-state index contributed by atoms with van der Waals surface area (Å²) in [6.07, 6.45) is 67.3. The molecule has 0 radical (unpaired) electrons. The molecule has 0 bridgehead atoms. The highest BCUT2D eigenvalue weighted by atomic mass is 16.3. The van der Waals surface area contributed by atoms with Crippen molar-refractivity contribution in [1.82, 2.24) is 5.32 Å². The van der Waals surface area contributed by atoms with Crippen LogP contribution in [0.5, 0.6) is 0 Å². The van der Waals surface area contributed by atoms with Crippen molar-refractivity contribution in [3.05, 3.63) is 36.5 Å². The van der Waals surface area contributed by atoms with E-state index in [-0.39, 0.29) is 12.5 Å². The fraction of sp³-hybridized carbons (Fsp3) is 0.870. The van der Waals surface area contributed by atoms with Gasteiger partial charge >= 0.3 is 0 Å². The smallest absolute Gasteiger partial charge is 0.220 e. The minimum Gasteiger partial charge on any atom is -0.394 e. The lowest BCUT2D eigenvalue weighted by molar-refractivity contribution is -0.123. The van der Waals surface area contributed by atoms with Gasteiger partial charge in [-0.1, -0.05) is 262 Å². The first kappa shape index (κ1) is 56.6. The van der Waals surface area contributed by atoms with Gasteiger partial charge in [0.25, 0.3) is 0 Å². The molecule has 0 aromatic carbocycles. The molecule has 2 atom stereocenters. The zero-order valence-corrected chi connectivity index (χ0v) is 39.3. The van der Waals surface area contributed by atoms with Gasteiger partial charge in [0.2, 0.25) is 5.91 Å². The van der Waals surface area contributed by atoms with Crippen molar-refractivity contribution in [3.8, 4) is 0 Å². The Labute approximate surface area is 363 Å². The molecule has 0 rings (SSSR count). The molecule has 0 aliphatic rings. The van der Waals surface area contributed by atoms with Gasteiger partial charge in [-0.15, -0.1) is 0 Å². The summed E-state index contributed by atoms with van der Waals surface area (Å²) >= 11 is 0. The van der Waals surface area contributed by atoms with E-state index in [4.69, 9.17) is 0 Å². The fourth-order valence-corrected chi connectivity index (χ4v) is 8.09. The quantitative estimate of drug-likeness (QED) is 0.0423. The summed E-state index contributed by atoms with van der Waals surface area (Å²) in [5.41, 5.74) is 0. The number of rotatable bonds is 48. The number of aliphatic hydroxyl groups excluding tert-OH is 2. The molecule has 342 valence electrons. The van der Waals surface area contributed by atoms with Crippen molar-refractivity contribution in [2.45, 2.75) is 296 Å². The van der Waals surface area contributed by atoms with Crippen LogP contribution >= 0.6 is 0 Å². The minimum absolute atomic E-state index is 0.0612. The lowest BCUT2D eigenvalue weighted by atomic mass is 10.0. The molecular weight excluding hydrogens is 711 g/mol. The first-order chi connectivity index (χ1) is 28.7. The Kier molecular flexibility index (Phi) is 48.8. The molecule has 0 fully saturated rings. The molecule has 0 aromatic heterocycles. The fourth-order valence-electron chi connectivity index (χ4n) is 8.09. The van der Waals surface area contributed by atoms with Crippen LogP contribution in [0.15, 0.2) is 36.5 Å². The standard InChI is InChI=1S/C54H103NO3/c1-3-5-7-9-11-13-15-16-17-18-19-20-21-22-23-24-25-26-27-28-29-30-31-32-33-34-35-36-37-38-40-42-44-46-48-50-54(58)55-52(51-56)53(57)49-47-45-43-41-39-14-12-10-8-6-4-2/h15-16,18-19,47,49,52-53,56-57H,3-14,17,20-46,48,50-51H2,1-2H3,(H,55,58)/b16-15-,19-18-,49-47+. The molecule has 0 saturated carbocycles. The van der Waals surface area contributed by atoms with Gasteiger partial charge in [-0.05, 0) is 51.4 Å². The summed E-state index contributed by atoms with van der Waals surface area (Å²) in [5.74, 6) is -0.0612. The van der Waals surface area contributed by atoms with Crippen molar-refractivity contribution in [3.63, 3.8) is 0 Å². The molecule has 1 amide bonds. The van der Waals surface area contributed by atoms with E-state index in [1.165, 1.54) is 231 Å². The predicted molar refractivity (Wildman–Crippen MR) is 258 cm³/mol. The van der Waals surface area contributed by atoms with Crippen molar-refractivity contribution in [2.24, 2.45) is 0 Å². The molecule has 0 aliphatic heterocycles. The highest BCUT2D eigenvalue weighted by Gasteiger charge is 2.18. The molecule has 4 heteroatoms. The van der Waals surface area contributed by atoms with Crippen molar-refractivity contribution in [1.29, 1.82) is 0 Å². The third-order valence-corrected chi connectivity index (χ3v) is 12.1. The van der Waals surface area contributed by atoms with Crippen LogP contribution in [0.3, 0.4) is 0 Å². The minimum atomic E-state index is -0.835. The number of nitrogens with one attached hydrogen (secondary N) is 1. The van der Waals surface area contributed by atoms with Crippen LogP contribution in [0.25, 0.3) is 0 Å². The molecule has 2 unspecified atom stereocenters. The van der Waals surface area contributed by atoms with Crippen LogP contribution in [0, 0.1) is 0 Å². The SMILES string of the molecule is CCCCCCC/C=C\C/C=C\CCCCCCCCCCCCCCCCCCCCCCCCCC(=O)NC(CO)C(O)/C=C/CCCCCCCCCCC. The second-order valence-electron chi connectivity index (χ2n) is 17.9. The van der Waals surface area contributed by atoms with E-state index >= 15 is 0 Å². The normalized spacial score (nSPS) is 13.1. The van der Waals surface area contributed by atoms with Gasteiger partial charge in [0.05, 0.1) is 18.8 Å². The molecule has 58 heavy (non-hydrogen) atoms. The third-order valence-electron chi connectivity index (χ3n) is 12.1. The maximum atomic E-state index is 12.4. The average molecular weight is 814 g/mol. The van der Waals surface area contributed by atoms with Crippen LogP contribution in [-0.2, 0) is 4.79 Å². The number of hydrogen-bond donors (Lipinski definition) is 3. The van der Waals surface area contributed by atoms with Gasteiger partial charge in [-0.25, -0.2) is 0 Å². The highest BCUT2D eigenvalue weighted by Crippen LogP contribution is 2.17. The predicted octanol–water partition coefficient (Wildman–Crippen LogP) is 16.9. The molecule has 0 aromatic rings. The Morgan fingerprint density at radius 3 is 1.03 bits per heavy atom. The van der Waals surface area contributed by atoms with Crippen molar-refractivity contribution < 1.29 is 15.0 Å². The highest BCUT2D eigenvalue weighted by molar-refractivity contribution is 5.76. The van der Waals surface area contributed by atoms with Gasteiger partial charge < -0.3 is 15.5 Å². The van der Waals surface area contributed by atoms with E-state index in [1.807, 2.05) is 6.08 Å². The van der Waals surface area contributed by atoms with Gasteiger partial charge in [0.15, 0.2) is 0 Å². The number of carbonyl (C=O) groups excluding carboxylic acids is 1. The van der Waals surface area contributed by atoms with Crippen LogP contribution in [0.4, 0.5) is 0 Å². The van der Waals surface area contributed by atoms with Crippen LogP contribution in [0.1, 0.15) is 284 Å². The van der Waals surface area contributed by atoms with E-state index in [0.717, 1.165) is 32.1 Å². The molecule has 0 saturated heterocycles. The topological polar surface area (TPSA) is 69.6 Å². The van der Waals surface area contributed by atoms with E-state index < -0.39 is 12.1 Å². The number of amides is 1. The summed E-state index contributed by atoms with van der Waals surface area (Å²) in [6.45, 7) is 4.30. The average Bonchev–Trinajstić information content (AvgIpc) is 3.23. The van der Waals surface area contributed by atoms with E-state index in [9.17, 15) is 15.0 Å². The summed E-state index contributed by atoms with van der Waals surface area (Å²) in [5, 5.41) is 23.0. The molecule has 4 nitrogen and oxygen atoms in total. The number of carbonyl (C=O) groups is 1. The lowest BCUT2D eigenvalue weighted by Crippen LogP contribution is -2.45. The number of hydrogen-bond acceptors (Lipinski definition) is 3. The Hall–Kier alpha value is -1.39. The molecule has 0 heterocycles. The number of unbranched alkanes of at least 4 members (excludes halogenated alkanes) is 37. The second kappa shape index (κ2) is 50.0. The van der Waals surface area contributed by atoms with Crippen LogP contribution in [-0.4, -0.2) is 34.9 Å². The zero-order chi connectivity index (χ0) is 42.1. The molecule has 0 spiro atoms. The van der Waals surface area contributed by atoms with Crippen LogP contribution < -0.4 is 5.32 Å². The third kappa shape index (κ3) is 45.7. The Morgan fingerprint density at radius 1 is 0.414 bits per heavy atom. The Morgan fingerprint density at radius 2 is 0.707 bits per heavy atom. The zero-order valence-electron chi connectivity index (χ0n) is 39.3. The van der Waals surface area contributed by atoms with Gasteiger partial charge in [0.1, 0.15) is 0 Å². The largest absolute Gasteiger partial charge is 0.394 e. The molecule has 3 N–H and O–H groups in total. The van der Waals surface area contributed by atoms with E-state index in [2.05, 4.69) is 43.5 Å². The van der Waals surface area contributed by atoms with Gasteiger partial charge in [0, 0.05) is 6.42 Å². The maximum Gasteiger partial charge on any atom is 0.220 e. The summed E-state index contributed by atoms with van der Waals surface area (Å²) in [7, 11) is 0. The first-order valence-corrected chi connectivity index (χ1v) is 26.2. The monoisotopic (exact) mass is 814 g/mol. The summed E-state index contributed by atoms with van der Waals surface area (Å²) < 4.78 is 0. The molecular formula is C54H103NO3. The van der Waals surface area contributed by atoms with Crippen molar-refractivity contribution in [2.75, 3.05) is 6.61 Å². The van der Waals surface area contributed by atoms with Crippen LogP contribution in [0.2, 0.25) is 0 Å². The maximum absolute atomic E-state index is 12.4. The van der Waals surface area contributed by atoms with Crippen molar-refractivity contribution >= 4 is 5.91 Å². The first-order valence-electron chi connectivity index (χ1n) is 26.2. The lowest BCUT2D eigenvalue weighted by Gasteiger charge is -2.20.